The molecule has 0 unspecified atom stereocenters. The molecule has 106 valence electrons. The first-order valence-corrected chi connectivity index (χ1v) is 7.00. The molecule has 1 aromatic carbocycles. The molecule has 19 heavy (non-hydrogen) atoms. The van der Waals surface area contributed by atoms with E-state index in [1.54, 1.807) is 0 Å². The van der Waals surface area contributed by atoms with Crippen LogP contribution in [0.15, 0.2) is 24.3 Å². The summed E-state index contributed by atoms with van der Waals surface area (Å²) in [7, 11) is 0. The Bertz CT molecular complexity index is 396. The minimum Gasteiger partial charge on any atom is -0.303 e. The molecule has 0 bridgehead atoms. The molecule has 1 aliphatic rings. The predicted octanol–water partition coefficient (Wildman–Crippen LogP) is 3.72. The van der Waals surface area contributed by atoms with E-state index >= 15 is 0 Å². The fourth-order valence-corrected chi connectivity index (χ4v) is 2.61. The molecular weight excluding hydrogens is 258 g/mol. The molecule has 0 N–H and O–H groups in total. The zero-order chi connectivity index (χ0) is 13.0. The summed E-state index contributed by atoms with van der Waals surface area (Å²) in [6, 6.07) is 7.93. The second-order valence-electron chi connectivity index (χ2n) is 5.49. The number of benzene rings is 1. The largest absolute Gasteiger partial charge is 0.303 e. The van der Waals surface area contributed by atoms with E-state index in [1.807, 2.05) is 31.2 Å². The van der Waals surface area contributed by atoms with Gasteiger partial charge in [0, 0.05) is 18.0 Å². The van der Waals surface area contributed by atoms with Crippen LogP contribution in [0.2, 0.25) is 0 Å². The second kappa shape index (κ2) is 7.66. The van der Waals surface area contributed by atoms with Gasteiger partial charge in [0.15, 0.2) is 5.78 Å². The first-order valence-electron chi connectivity index (χ1n) is 7.00. The van der Waals surface area contributed by atoms with Crippen molar-refractivity contribution in [3.63, 3.8) is 0 Å². The summed E-state index contributed by atoms with van der Waals surface area (Å²) in [5.74, 6) is 0.381. The lowest BCUT2D eigenvalue weighted by Crippen LogP contribution is -2.35. The monoisotopic (exact) mass is 281 g/mol. The van der Waals surface area contributed by atoms with Gasteiger partial charge >= 0.3 is 0 Å². The molecule has 0 aromatic heterocycles. The summed E-state index contributed by atoms with van der Waals surface area (Å²) in [6.07, 6.45) is 3.91. The molecule has 1 atom stereocenters. The van der Waals surface area contributed by atoms with Crippen molar-refractivity contribution >= 4 is 18.2 Å². The summed E-state index contributed by atoms with van der Waals surface area (Å²) in [5, 5.41) is 0. The van der Waals surface area contributed by atoms with E-state index in [4.69, 9.17) is 0 Å². The van der Waals surface area contributed by atoms with Gasteiger partial charge in [0.1, 0.15) is 0 Å². The number of rotatable bonds is 4. The highest BCUT2D eigenvalue weighted by Gasteiger charge is 2.19. The molecule has 2 nitrogen and oxygen atoms in total. The average molecular weight is 282 g/mol. The van der Waals surface area contributed by atoms with Crippen LogP contribution in [-0.4, -0.2) is 30.3 Å². The lowest BCUT2D eigenvalue weighted by atomic mass is 9.97. The zero-order valence-electron chi connectivity index (χ0n) is 11.9. The fraction of sp³-hybridized carbons (Fsp3) is 0.562. The third kappa shape index (κ3) is 4.63. The number of Topliss-reactive ketones (excluding diaryl/α,β-unsaturated/α-hetero) is 1. The van der Waals surface area contributed by atoms with Gasteiger partial charge in [-0.2, -0.15) is 0 Å². The standard InChI is InChI=1S/C16H23NO.ClH/c1-13-6-8-15(9-7-13)16(18)14(2)12-17-10-4-3-5-11-17;/h6-9,14H,3-5,10-12H2,1-2H3;1H/t14-;/m1./s1. The Hall–Kier alpha value is -0.860. The first kappa shape index (κ1) is 16.2. The number of nitrogens with zero attached hydrogens (tertiary/aromatic N) is 1. The van der Waals surface area contributed by atoms with Crippen molar-refractivity contribution < 1.29 is 4.79 Å². The van der Waals surface area contributed by atoms with Crippen molar-refractivity contribution in [2.75, 3.05) is 19.6 Å². The minimum atomic E-state index is 0. The SMILES string of the molecule is Cc1ccc(C(=O)[C@H](C)CN2CCCCC2)cc1.Cl. The number of hydrogen-bond acceptors (Lipinski definition) is 2. The number of likely N-dealkylation sites (tertiary alicyclic amines) is 1. The Morgan fingerprint density at radius 1 is 1.16 bits per heavy atom. The van der Waals surface area contributed by atoms with Crippen molar-refractivity contribution in [3.05, 3.63) is 35.4 Å². The molecule has 1 heterocycles. The molecule has 0 amide bonds. The second-order valence-corrected chi connectivity index (χ2v) is 5.49. The van der Waals surface area contributed by atoms with Crippen LogP contribution in [0.1, 0.15) is 42.1 Å². The molecule has 0 saturated carbocycles. The molecule has 1 fully saturated rings. The van der Waals surface area contributed by atoms with Crippen LogP contribution < -0.4 is 0 Å². The van der Waals surface area contributed by atoms with Gasteiger partial charge in [0.25, 0.3) is 0 Å². The van der Waals surface area contributed by atoms with E-state index in [-0.39, 0.29) is 24.1 Å². The number of ketones is 1. The third-order valence-electron chi connectivity index (χ3n) is 3.76. The Kier molecular flexibility index (Phi) is 6.53. The number of piperidine rings is 1. The highest BCUT2D eigenvalue weighted by Crippen LogP contribution is 2.15. The number of carbonyl (C=O) groups excluding carboxylic acids is 1. The Morgan fingerprint density at radius 3 is 2.32 bits per heavy atom. The summed E-state index contributed by atoms with van der Waals surface area (Å²) in [6.45, 7) is 7.33. The number of aryl methyl sites for hydroxylation is 1. The van der Waals surface area contributed by atoms with Crippen LogP contribution in [-0.2, 0) is 0 Å². The highest BCUT2D eigenvalue weighted by molar-refractivity contribution is 5.97. The third-order valence-corrected chi connectivity index (χ3v) is 3.76. The maximum atomic E-state index is 12.3. The lowest BCUT2D eigenvalue weighted by Gasteiger charge is -2.28. The van der Waals surface area contributed by atoms with Crippen molar-refractivity contribution in [3.8, 4) is 0 Å². The summed E-state index contributed by atoms with van der Waals surface area (Å²) < 4.78 is 0. The Labute approximate surface area is 122 Å². The molecule has 1 saturated heterocycles. The Morgan fingerprint density at radius 2 is 1.74 bits per heavy atom. The predicted molar refractivity (Wildman–Crippen MR) is 82.2 cm³/mol. The minimum absolute atomic E-state index is 0. The van der Waals surface area contributed by atoms with E-state index in [0.717, 1.165) is 25.2 Å². The molecule has 0 radical (unpaired) electrons. The molecule has 0 spiro atoms. The van der Waals surface area contributed by atoms with Gasteiger partial charge in [-0.3, -0.25) is 4.79 Å². The van der Waals surface area contributed by atoms with Crippen LogP contribution in [0, 0.1) is 12.8 Å². The van der Waals surface area contributed by atoms with Gasteiger partial charge in [0.05, 0.1) is 0 Å². The average Bonchev–Trinajstić information content (AvgIpc) is 2.40. The fourth-order valence-electron chi connectivity index (χ4n) is 2.61. The van der Waals surface area contributed by atoms with E-state index in [2.05, 4.69) is 11.8 Å². The van der Waals surface area contributed by atoms with Crippen molar-refractivity contribution in [1.82, 2.24) is 4.90 Å². The van der Waals surface area contributed by atoms with Gasteiger partial charge in [-0.15, -0.1) is 12.4 Å². The van der Waals surface area contributed by atoms with Crippen LogP contribution in [0.5, 0.6) is 0 Å². The van der Waals surface area contributed by atoms with Gasteiger partial charge in [-0.25, -0.2) is 0 Å². The van der Waals surface area contributed by atoms with Gasteiger partial charge < -0.3 is 4.90 Å². The van der Waals surface area contributed by atoms with Crippen LogP contribution in [0.25, 0.3) is 0 Å². The Balaban J connectivity index is 0.00000180. The zero-order valence-corrected chi connectivity index (χ0v) is 12.7. The molecule has 1 aliphatic heterocycles. The van der Waals surface area contributed by atoms with Gasteiger partial charge in [0.2, 0.25) is 0 Å². The molecule has 2 rings (SSSR count). The maximum absolute atomic E-state index is 12.3. The highest BCUT2D eigenvalue weighted by atomic mass is 35.5. The van der Waals surface area contributed by atoms with Crippen molar-refractivity contribution in [1.29, 1.82) is 0 Å². The van der Waals surface area contributed by atoms with Gasteiger partial charge in [-0.1, -0.05) is 43.2 Å². The lowest BCUT2D eigenvalue weighted by molar-refractivity contribution is 0.0883. The van der Waals surface area contributed by atoms with Crippen molar-refractivity contribution in [2.24, 2.45) is 5.92 Å². The number of hydrogen-bond donors (Lipinski definition) is 0. The summed E-state index contributed by atoms with van der Waals surface area (Å²) in [4.78, 5) is 14.7. The molecular formula is C16H24ClNO. The summed E-state index contributed by atoms with van der Waals surface area (Å²) in [5.41, 5.74) is 2.06. The van der Waals surface area contributed by atoms with Crippen LogP contribution in [0.4, 0.5) is 0 Å². The molecule has 0 aliphatic carbocycles. The first-order chi connectivity index (χ1) is 8.66. The molecule has 3 heteroatoms. The summed E-state index contributed by atoms with van der Waals surface area (Å²) >= 11 is 0. The number of carbonyl (C=O) groups is 1. The topological polar surface area (TPSA) is 20.3 Å². The van der Waals surface area contributed by atoms with Crippen LogP contribution >= 0.6 is 12.4 Å². The van der Waals surface area contributed by atoms with Crippen molar-refractivity contribution in [2.45, 2.75) is 33.1 Å². The molecule has 1 aromatic rings. The number of halogens is 1. The van der Waals surface area contributed by atoms with Crippen LogP contribution in [0.3, 0.4) is 0 Å². The maximum Gasteiger partial charge on any atom is 0.166 e. The smallest absolute Gasteiger partial charge is 0.166 e. The van der Waals surface area contributed by atoms with E-state index in [0.29, 0.717) is 0 Å². The van der Waals surface area contributed by atoms with E-state index in [9.17, 15) is 4.79 Å². The van der Waals surface area contributed by atoms with E-state index < -0.39 is 0 Å². The normalized spacial score (nSPS) is 17.6. The quantitative estimate of drug-likeness (QED) is 0.784. The van der Waals surface area contributed by atoms with Gasteiger partial charge in [-0.05, 0) is 32.9 Å². The van der Waals surface area contributed by atoms with E-state index in [1.165, 1.54) is 24.8 Å².